The Bertz CT molecular complexity index is 379. The maximum absolute atomic E-state index is 11.6. The van der Waals surface area contributed by atoms with E-state index in [0.29, 0.717) is 36.3 Å². The summed E-state index contributed by atoms with van der Waals surface area (Å²) in [6.07, 6.45) is 3.79. The summed E-state index contributed by atoms with van der Waals surface area (Å²) in [4.78, 5) is 2.47. The molecule has 0 unspecified atom stereocenters. The van der Waals surface area contributed by atoms with Gasteiger partial charge in [0.1, 0.15) is 9.84 Å². The van der Waals surface area contributed by atoms with Gasteiger partial charge in [0, 0.05) is 12.1 Å². The number of nitrogens with two attached hydrogens (primary N) is 1. The number of nitrogens with zero attached hydrogens (tertiary/aromatic N) is 1. The van der Waals surface area contributed by atoms with Crippen molar-refractivity contribution in [3.05, 3.63) is 0 Å². The molecule has 0 radical (unpaired) electrons. The lowest BCUT2D eigenvalue weighted by Crippen LogP contribution is -2.60. The molecule has 0 atom stereocenters. The van der Waals surface area contributed by atoms with E-state index < -0.39 is 9.84 Å². The van der Waals surface area contributed by atoms with E-state index in [0.717, 1.165) is 13.1 Å². The van der Waals surface area contributed by atoms with Crippen molar-refractivity contribution in [1.29, 1.82) is 0 Å². The maximum Gasteiger partial charge on any atom is 0.150 e. The Morgan fingerprint density at radius 1 is 1.06 bits per heavy atom. The van der Waals surface area contributed by atoms with E-state index in [1.807, 2.05) is 0 Å². The molecule has 0 spiro atoms. The van der Waals surface area contributed by atoms with Crippen LogP contribution >= 0.6 is 0 Å². The van der Waals surface area contributed by atoms with Gasteiger partial charge in [-0.2, -0.15) is 0 Å². The Hall–Kier alpha value is -0.130. The summed E-state index contributed by atoms with van der Waals surface area (Å²) < 4.78 is 23.2. The van der Waals surface area contributed by atoms with Gasteiger partial charge in [-0.05, 0) is 44.2 Å². The fourth-order valence-corrected chi connectivity index (χ4v) is 4.74. The number of likely N-dealkylation sites (tertiary alicyclic amines) is 1. The first-order chi connectivity index (χ1) is 8.29. The SMILES string of the molecule is CC1(C)CCN(C2(CN)CCS(=O)(=O)CC2)CC1. The second kappa shape index (κ2) is 4.76. The summed E-state index contributed by atoms with van der Waals surface area (Å²) in [5.41, 5.74) is 6.36. The highest BCUT2D eigenvalue weighted by Gasteiger charge is 2.42. The van der Waals surface area contributed by atoms with Gasteiger partial charge in [0.2, 0.25) is 0 Å². The zero-order valence-electron chi connectivity index (χ0n) is 11.6. The van der Waals surface area contributed by atoms with E-state index in [9.17, 15) is 8.42 Å². The average Bonchev–Trinajstić information content (AvgIpc) is 2.30. The Morgan fingerprint density at radius 3 is 2.00 bits per heavy atom. The molecule has 18 heavy (non-hydrogen) atoms. The third-order valence-electron chi connectivity index (χ3n) is 4.92. The first-order valence-corrected chi connectivity index (χ1v) is 8.76. The van der Waals surface area contributed by atoms with Crippen LogP contribution in [0.2, 0.25) is 0 Å². The van der Waals surface area contributed by atoms with Crippen molar-refractivity contribution in [3.8, 4) is 0 Å². The normalized spacial score (nSPS) is 31.1. The maximum atomic E-state index is 11.6. The average molecular weight is 274 g/mol. The Morgan fingerprint density at radius 2 is 1.56 bits per heavy atom. The minimum Gasteiger partial charge on any atom is -0.329 e. The van der Waals surface area contributed by atoms with Crippen LogP contribution in [0.25, 0.3) is 0 Å². The number of sulfone groups is 1. The third kappa shape index (κ3) is 2.89. The van der Waals surface area contributed by atoms with Crippen LogP contribution in [-0.2, 0) is 9.84 Å². The standard InChI is InChI=1S/C13H26N2O2S/c1-12(2)3-7-15(8-4-12)13(11-14)5-9-18(16,17)10-6-13/h3-11,14H2,1-2H3. The fraction of sp³-hybridized carbons (Fsp3) is 1.00. The predicted octanol–water partition coefficient (Wildman–Crippen LogP) is 1.01. The van der Waals surface area contributed by atoms with Crippen LogP contribution in [0.4, 0.5) is 0 Å². The predicted molar refractivity (Wildman–Crippen MR) is 74.3 cm³/mol. The van der Waals surface area contributed by atoms with Gasteiger partial charge in [0.05, 0.1) is 11.5 Å². The molecule has 0 aromatic carbocycles. The van der Waals surface area contributed by atoms with Crippen molar-refractivity contribution >= 4 is 9.84 Å². The lowest BCUT2D eigenvalue weighted by Gasteiger charge is -2.50. The van der Waals surface area contributed by atoms with E-state index >= 15 is 0 Å². The molecule has 2 saturated heterocycles. The first kappa shape index (κ1) is 14.3. The van der Waals surface area contributed by atoms with E-state index in [-0.39, 0.29) is 5.54 Å². The van der Waals surface area contributed by atoms with Crippen molar-refractivity contribution in [2.45, 2.75) is 45.1 Å². The monoisotopic (exact) mass is 274 g/mol. The van der Waals surface area contributed by atoms with Crippen LogP contribution in [0, 0.1) is 5.41 Å². The first-order valence-electron chi connectivity index (χ1n) is 6.94. The number of hydrogen-bond donors (Lipinski definition) is 1. The molecule has 0 bridgehead atoms. The van der Waals surface area contributed by atoms with E-state index in [4.69, 9.17) is 5.73 Å². The van der Waals surface area contributed by atoms with Crippen LogP contribution in [0.15, 0.2) is 0 Å². The lowest BCUT2D eigenvalue weighted by atomic mass is 9.79. The van der Waals surface area contributed by atoms with Crippen LogP contribution in [-0.4, -0.2) is 50.0 Å². The van der Waals surface area contributed by atoms with Gasteiger partial charge in [-0.1, -0.05) is 13.8 Å². The molecule has 4 nitrogen and oxygen atoms in total. The zero-order valence-corrected chi connectivity index (χ0v) is 12.4. The second-order valence-corrected chi connectivity index (χ2v) is 9.04. The second-order valence-electron chi connectivity index (χ2n) is 6.73. The van der Waals surface area contributed by atoms with Gasteiger partial charge in [0.15, 0.2) is 0 Å². The third-order valence-corrected chi connectivity index (χ3v) is 6.58. The molecular weight excluding hydrogens is 248 g/mol. The molecule has 2 heterocycles. The highest BCUT2D eigenvalue weighted by Crippen LogP contribution is 2.37. The largest absolute Gasteiger partial charge is 0.329 e. The van der Waals surface area contributed by atoms with Gasteiger partial charge in [0.25, 0.3) is 0 Å². The Kier molecular flexibility index (Phi) is 3.78. The number of rotatable bonds is 2. The summed E-state index contributed by atoms with van der Waals surface area (Å²) in [5, 5.41) is 0. The molecule has 2 N–H and O–H groups in total. The van der Waals surface area contributed by atoms with Crippen molar-refractivity contribution in [2.24, 2.45) is 11.1 Å². The molecule has 0 saturated carbocycles. The van der Waals surface area contributed by atoms with Crippen LogP contribution in [0.5, 0.6) is 0 Å². The molecule has 2 fully saturated rings. The molecule has 106 valence electrons. The molecule has 2 aliphatic rings. The van der Waals surface area contributed by atoms with Gasteiger partial charge < -0.3 is 5.73 Å². The summed E-state index contributed by atoms with van der Waals surface area (Å²) in [6.45, 7) is 7.33. The van der Waals surface area contributed by atoms with E-state index in [1.165, 1.54) is 12.8 Å². The Labute approximate surface area is 111 Å². The highest BCUT2D eigenvalue weighted by molar-refractivity contribution is 7.91. The number of piperidine rings is 1. The Balaban J connectivity index is 2.06. The summed E-state index contributed by atoms with van der Waals surface area (Å²) in [7, 11) is -2.81. The molecule has 0 aromatic rings. The smallest absolute Gasteiger partial charge is 0.150 e. The molecule has 0 amide bonds. The highest BCUT2D eigenvalue weighted by atomic mass is 32.2. The van der Waals surface area contributed by atoms with Crippen molar-refractivity contribution in [1.82, 2.24) is 4.90 Å². The number of hydrogen-bond acceptors (Lipinski definition) is 4. The molecule has 2 aliphatic heterocycles. The van der Waals surface area contributed by atoms with Gasteiger partial charge in [-0.15, -0.1) is 0 Å². The molecular formula is C13H26N2O2S. The van der Waals surface area contributed by atoms with E-state index in [2.05, 4.69) is 18.7 Å². The van der Waals surface area contributed by atoms with Gasteiger partial charge >= 0.3 is 0 Å². The van der Waals surface area contributed by atoms with Crippen LogP contribution < -0.4 is 5.73 Å². The quantitative estimate of drug-likeness (QED) is 0.816. The minimum absolute atomic E-state index is 0.0537. The van der Waals surface area contributed by atoms with E-state index in [1.54, 1.807) is 0 Å². The van der Waals surface area contributed by atoms with Crippen LogP contribution in [0.1, 0.15) is 39.5 Å². The van der Waals surface area contributed by atoms with Gasteiger partial charge in [-0.25, -0.2) is 8.42 Å². The van der Waals surface area contributed by atoms with Gasteiger partial charge in [-0.3, -0.25) is 4.90 Å². The molecule has 5 heteroatoms. The molecule has 0 aromatic heterocycles. The molecule has 0 aliphatic carbocycles. The lowest BCUT2D eigenvalue weighted by molar-refractivity contribution is 0.0259. The van der Waals surface area contributed by atoms with Crippen molar-refractivity contribution in [3.63, 3.8) is 0 Å². The van der Waals surface area contributed by atoms with Crippen molar-refractivity contribution in [2.75, 3.05) is 31.1 Å². The summed E-state index contributed by atoms with van der Waals surface area (Å²) in [6, 6.07) is 0. The minimum atomic E-state index is -2.81. The summed E-state index contributed by atoms with van der Waals surface area (Å²) >= 11 is 0. The van der Waals surface area contributed by atoms with Crippen molar-refractivity contribution < 1.29 is 8.42 Å². The molecule has 2 rings (SSSR count). The summed E-state index contributed by atoms with van der Waals surface area (Å²) in [5.74, 6) is 0.619. The zero-order chi connectivity index (χ0) is 13.4. The van der Waals surface area contributed by atoms with Crippen LogP contribution in [0.3, 0.4) is 0 Å². The topological polar surface area (TPSA) is 63.4 Å². The fourth-order valence-electron chi connectivity index (χ4n) is 3.15.